The van der Waals surface area contributed by atoms with Crippen molar-refractivity contribution in [3.05, 3.63) is 35.4 Å². The second-order valence-electron chi connectivity index (χ2n) is 3.99. The normalized spacial score (nSPS) is 23.1. The van der Waals surface area contributed by atoms with Crippen LogP contribution in [0.1, 0.15) is 28.3 Å². The van der Waals surface area contributed by atoms with Crippen LogP contribution in [0.3, 0.4) is 0 Å². The van der Waals surface area contributed by atoms with Crippen molar-refractivity contribution in [1.82, 2.24) is 0 Å². The number of sulfone groups is 1. The van der Waals surface area contributed by atoms with Gasteiger partial charge in [-0.05, 0) is 24.0 Å². The molecule has 1 fully saturated rings. The molecule has 1 aliphatic rings. The van der Waals surface area contributed by atoms with E-state index in [1.165, 1.54) is 6.07 Å². The third-order valence-electron chi connectivity index (χ3n) is 2.86. The number of benzene rings is 1. The fourth-order valence-electron chi connectivity index (χ4n) is 2.09. The van der Waals surface area contributed by atoms with Crippen LogP contribution in [0.15, 0.2) is 24.3 Å². The van der Waals surface area contributed by atoms with Crippen LogP contribution in [0.25, 0.3) is 0 Å². The molecule has 0 aromatic heterocycles. The zero-order valence-corrected chi connectivity index (χ0v) is 9.40. The summed E-state index contributed by atoms with van der Waals surface area (Å²) in [5.41, 5.74) is 0.848. The molecule has 16 heavy (non-hydrogen) atoms. The molecule has 0 radical (unpaired) electrons. The second-order valence-corrected chi connectivity index (χ2v) is 6.22. The maximum atomic E-state index is 11.3. The summed E-state index contributed by atoms with van der Waals surface area (Å²) in [6.07, 6.45) is 0.520. The summed E-state index contributed by atoms with van der Waals surface area (Å²) in [5, 5.41) is 9.01. The van der Waals surface area contributed by atoms with E-state index in [1.807, 2.05) is 0 Å². The fraction of sp³-hybridized carbons (Fsp3) is 0.364. The van der Waals surface area contributed by atoms with Crippen molar-refractivity contribution >= 4 is 15.8 Å². The SMILES string of the molecule is O=C(O)c1ccccc1C1CCS(=O)(=O)C1. The number of carbonyl (C=O) groups is 1. The number of carboxylic acids is 1. The Morgan fingerprint density at radius 1 is 1.31 bits per heavy atom. The van der Waals surface area contributed by atoms with Gasteiger partial charge in [-0.25, -0.2) is 13.2 Å². The molecule has 1 aromatic rings. The largest absolute Gasteiger partial charge is 0.478 e. The number of carboxylic acid groups (broad SMARTS) is 1. The average Bonchev–Trinajstić information content (AvgIpc) is 2.59. The van der Waals surface area contributed by atoms with E-state index in [9.17, 15) is 13.2 Å². The summed E-state index contributed by atoms with van der Waals surface area (Å²) in [6, 6.07) is 6.61. The molecule has 0 spiro atoms. The first-order valence-electron chi connectivity index (χ1n) is 5.02. The van der Waals surface area contributed by atoms with Gasteiger partial charge in [0, 0.05) is 0 Å². The molecular weight excluding hydrogens is 228 g/mol. The number of hydrogen-bond acceptors (Lipinski definition) is 3. The smallest absolute Gasteiger partial charge is 0.335 e. The molecule has 5 heteroatoms. The topological polar surface area (TPSA) is 71.4 Å². The third-order valence-corrected chi connectivity index (χ3v) is 4.63. The maximum absolute atomic E-state index is 11.3. The van der Waals surface area contributed by atoms with Crippen LogP contribution in [0.4, 0.5) is 0 Å². The van der Waals surface area contributed by atoms with E-state index in [2.05, 4.69) is 0 Å². The van der Waals surface area contributed by atoms with Crippen molar-refractivity contribution in [2.24, 2.45) is 0 Å². The lowest BCUT2D eigenvalue weighted by Crippen LogP contribution is -2.09. The van der Waals surface area contributed by atoms with Crippen molar-refractivity contribution < 1.29 is 18.3 Å². The molecule has 1 N–H and O–H groups in total. The zero-order valence-electron chi connectivity index (χ0n) is 8.59. The lowest BCUT2D eigenvalue weighted by atomic mass is 9.94. The van der Waals surface area contributed by atoms with Crippen molar-refractivity contribution in [1.29, 1.82) is 0 Å². The van der Waals surface area contributed by atoms with Gasteiger partial charge in [0.05, 0.1) is 17.1 Å². The van der Waals surface area contributed by atoms with Gasteiger partial charge in [0.15, 0.2) is 9.84 Å². The molecule has 0 aliphatic carbocycles. The van der Waals surface area contributed by atoms with Gasteiger partial charge in [-0.2, -0.15) is 0 Å². The van der Waals surface area contributed by atoms with E-state index in [0.29, 0.717) is 12.0 Å². The van der Waals surface area contributed by atoms with Crippen molar-refractivity contribution in [3.63, 3.8) is 0 Å². The highest BCUT2D eigenvalue weighted by molar-refractivity contribution is 7.91. The Hall–Kier alpha value is -1.36. The Labute approximate surface area is 93.8 Å². The molecule has 2 rings (SSSR count). The summed E-state index contributed by atoms with van der Waals surface area (Å²) in [6.45, 7) is 0. The molecule has 1 aliphatic heterocycles. The van der Waals surface area contributed by atoms with Gasteiger partial charge in [-0.3, -0.25) is 0 Å². The molecule has 1 unspecified atom stereocenters. The maximum Gasteiger partial charge on any atom is 0.335 e. The lowest BCUT2D eigenvalue weighted by Gasteiger charge is -2.10. The fourth-order valence-corrected chi connectivity index (χ4v) is 3.86. The predicted molar refractivity (Wildman–Crippen MR) is 59.4 cm³/mol. The van der Waals surface area contributed by atoms with Gasteiger partial charge >= 0.3 is 5.97 Å². The Bertz CT molecular complexity index is 519. The van der Waals surface area contributed by atoms with E-state index in [1.54, 1.807) is 18.2 Å². The molecule has 1 saturated heterocycles. The highest BCUT2D eigenvalue weighted by atomic mass is 32.2. The number of aromatic carboxylic acids is 1. The zero-order chi connectivity index (χ0) is 11.8. The van der Waals surface area contributed by atoms with Crippen molar-refractivity contribution in [2.75, 3.05) is 11.5 Å². The van der Waals surface area contributed by atoms with E-state index in [4.69, 9.17) is 5.11 Å². The quantitative estimate of drug-likeness (QED) is 0.845. The van der Waals surface area contributed by atoms with Crippen LogP contribution in [-0.2, 0) is 9.84 Å². The molecule has 0 saturated carbocycles. The van der Waals surface area contributed by atoms with Crippen LogP contribution in [-0.4, -0.2) is 31.0 Å². The van der Waals surface area contributed by atoms with Crippen molar-refractivity contribution in [2.45, 2.75) is 12.3 Å². The van der Waals surface area contributed by atoms with E-state index in [-0.39, 0.29) is 23.0 Å². The number of hydrogen-bond donors (Lipinski definition) is 1. The second kappa shape index (κ2) is 3.90. The van der Waals surface area contributed by atoms with Gasteiger partial charge in [0.25, 0.3) is 0 Å². The van der Waals surface area contributed by atoms with Crippen molar-refractivity contribution in [3.8, 4) is 0 Å². The van der Waals surface area contributed by atoms with Crippen LogP contribution < -0.4 is 0 Å². The molecule has 86 valence electrons. The monoisotopic (exact) mass is 240 g/mol. The average molecular weight is 240 g/mol. The van der Waals surface area contributed by atoms with Crippen LogP contribution in [0, 0.1) is 0 Å². The molecule has 4 nitrogen and oxygen atoms in total. The molecular formula is C11H12O4S. The highest BCUT2D eigenvalue weighted by Crippen LogP contribution is 2.30. The van der Waals surface area contributed by atoms with E-state index in [0.717, 1.165) is 0 Å². The van der Waals surface area contributed by atoms with Gasteiger partial charge in [-0.15, -0.1) is 0 Å². The summed E-state index contributed by atoms with van der Waals surface area (Å²) in [7, 11) is -2.98. The van der Waals surface area contributed by atoms with Crippen LogP contribution >= 0.6 is 0 Å². The molecule has 1 atom stereocenters. The molecule has 1 aromatic carbocycles. The van der Waals surface area contributed by atoms with Gasteiger partial charge < -0.3 is 5.11 Å². The van der Waals surface area contributed by atoms with Gasteiger partial charge in [-0.1, -0.05) is 18.2 Å². The first-order chi connectivity index (χ1) is 7.49. The predicted octanol–water partition coefficient (Wildman–Crippen LogP) is 1.29. The lowest BCUT2D eigenvalue weighted by molar-refractivity contribution is 0.0695. The third kappa shape index (κ3) is 2.09. The Morgan fingerprint density at radius 2 is 2.00 bits per heavy atom. The van der Waals surface area contributed by atoms with E-state index >= 15 is 0 Å². The molecule has 1 heterocycles. The Morgan fingerprint density at radius 3 is 2.56 bits per heavy atom. The minimum absolute atomic E-state index is 0.0668. The Balaban J connectivity index is 2.38. The molecule has 0 bridgehead atoms. The summed E-state index contributed by atoms with van der Waals surface area (Å²) in [4.78, 5) is 11.0. The summed E-state index contributed by atoms with van der Waals surface area (Å²) < 4.78 is 22.7. The standard InChI is InChI=1S/C11H12O4S/c12-11(13)10-4-2-1-3-9(10)8-5-6-16(14,15)7-8/h1-4,8H,5-7H2,(H,12,13). The summed E-state index contributed by atoms with van der Waals surface area (Å²) in [5.74, 6) is -0.944. The first-order valence-corrected chi connectivity index (χ1v) is 6.84. The molecule has 0 amide bonds. The van der Waals surface area contributed by atoms with Crippen LogP contribution in [0.5, 0.6) is 0 Å². The first kappa shape index (κ1) is 11.1. The van der Waals surface area contributed by atoms with Gasteiger partial charge in [0.2, 0.25) is 0 Å². The Kier molecular flexibility index (Phi) is 2.71. The van der Waals surface area contributed by atoms with Gasteiger partial charge in [0.1, 0.15) is 0 Å². The van der Waals surface area contributed by atoms with E-state index < -0.39 is 15.8 Å². The highest BCUT2D eigenvalue weighted by Gasteiger charge is 2.31. The minimum Gasteiger partial charge on any atom is -0.478 e. The minimum atomic E-state index is -2.98. The number of rotatable bonds is 2. The summed E-state index contributed by atoms with van der Waals surface area (Å²) >= 11 is 0. The van der Waals surface area contributed by atoms with Crippen LogP contribution in [0.2, 0.25) is 0 Å².